The standard InChI is InChI=1S/C23H24N6O5S2/c1-11-6-14(22(32)29-17(11)19(30)27-23(29)8-36(33,34)9-23)26-18-16-13-5-4-12(21(31)28(2)3)7-15(13)35-20(16)25-10-24-18/h6,10,12H,4-5,7-9H2,1-3H3,(H,27,30)(H,24,25,26)/t12-/m0/s1. The van der Waals surface area contributed by atoms with Crippen molar-refractivity contribution in [3.05, 3.63) is 44.4 Å². The van der Waals surface area contributed by atoms with Crippen molar-refractivity contribution in [1.29, 1.82) is 0 Å². The number of rotatable bonds is 3. The first kappa shape index (κ1) is 23.1. The molecular formula is C23H24N6O5S2. The number of fused-ring (bicyclic) bond motifs is 5. The average Bonchev–Trinajstić information content (AvgIpc) is 3.31. The van der Waals surface area contributed by atoms with Crippen LogP contribution in [0.5, 0.6) is 0 Å². The molecule has 3 aliphatic rings. The summed E-state index contributed by atoms with van der Waals surface area (Å²) in [4.78, 5) is 51.0. The number of carbonyl (C=O) groups is 2. The number of nitrogens with one attached hydrogen (secondary N) is 2. The molecule has 0 bridgehead atoms. The van der Waals surface area contributed by atoms with Gasteiger partial charge in [0.2, 0.25) is 5.91 Å². The van der Waals surface area contributed by atoms with Crippen LogP contribution in [0.1, 0.15) is 32.9 Å². The summed E-state index contributed by atoms with van der Waals surface area (Å²) in [5, 5.41) is 6.69. The second-order valence-electron chi connectivity index (χ2n) is 9.95. The van der Waals surface area contributed by atoms with Crippen molar-refractivity contribution in [1.82, 2.24) is 24.8 Å². The van der Waals surface area contributed by atoms with Gasteiger partial charge in [-0.3, -0.25) is 19.0 Å². The number of thiophene rings is 1. The van der Waals surface area contributed by atoms with Crippen LogP contribution in [0.15, 0.2) is 17.2 Å². The fourth-order valence-electron chi connectivity index (χ4n) is 5.65. The zero-order valence-corrected chi connectivity index (χ0v) is 21.5. The lowest BCUT2D eigenvalue weighted by Gasteiger charge is -2.38. The molecule has 3 aromatic rings. The van der Waals surface area contributed by atoms with Gasteiger partial charge >= 0.3 is 0 Å². The minimum atomic E-state index is -3.33. The van der Waals surface area contributed by atoms with Crippen LogP contribution in [-0.4, -0.2) is 65.3 Å². The predicted octanol–water partition coefficient (Wildman–Crippen LogP) is 0.923. The minimum absolute atomic E-state index is 0.0751. The quantitative estimate of drug-likeness (QED) is 0.511. The van der Waals surface area contributed by atoms with Crippen LogP contribution in [0, 0.1) is 12.8 Å². The van der Waals surface area contributed by atoms with Gasteiger partial charge in [-0.1, -0.05) is 0 Å². The molecule has 188 valence electrons. The van der Waals surface area contributed by atoms with Crippen LogP contribution in [0.4, 0.5) is 11.5 Å². The lowest BCUT2D eigenvalue weighted by molar-refractivity contribution is -0.133. The number of nitrogens with zero attached hydrogens (tertiary/aromatic N) is 4. The Morgan fingerprint density at radius 2 is 2.03 bits per heavy atom. The van der Waals surface area contributed by atoms with Crippen LogP contribution in [0.25, 0.3) is 10.2 Å². The molecule has 2 N–H and O–H groups in total. The van der Waals surface area contributed by atoms with Crippen LogP contribution in [0.2, 0.25) is 0 Å². The van der Waals surface area contributed by atoms with Gasteiger partial charge in [0.1, 0.15) is 34.0 Å². The van der Waals surface area contributed by atoms with Crippen molar-refractivity contribution in [3.63, 3.8) is 0 Å². The van der Waals surface area contributed by atoms with Gasteiger partial charge in [0.25, 0.3) is 11.5 Å². The maximum Gasteiger partial charge on any atom is 0.276 e. The molecule has 3 aromatic heterocycles. The summed E-state index contributed by atoms with van der Waals surface area (Å²) in [5.74, 6) is -0.578. The van der Waals surface area contributed by atoms with Gasteiger partial charge in [0.05, 0.1) is 16.9 Å². The van der Waals surface area contributed by atoms with E-state index in [1.54, 1.807) is 32.0 Å². The molecule has 11 nitrogen and oxygen atoms in total. The van der Waals surface area contributed by atoms with Crippen molar-refractivity contribution >= 4 is 54.7 Å². The highest BCUT2D eigenvalue weighted by molar-refractivity contribution is 7.92. The van der Waals surface area contributed by atoms with E-state index in [4.69, 9.17) is 0 Å². The Bertz CT molecular complexity index is 1640. The van der Waals surface area contributed by atoms with E-state index >= 15 is 0 Å². The Kier molecular flexibility index (Phi) is 4.87. The number of hydrogen-bond donors (Lipinski definition) is 2. The molecule has 1 spiro atoms. The molecule has 13 heteroatoms. The van der Waals surface area contributed by atoms with Crippen LogP contribution in [0.3, 0.4) is 0 Å². The highest BCUT2D eigenvalue weighted by Gasteiger charge is 2.57. The third-order valence-electron chi connectivity index (χ3n) is 7.19. The maximum absolute atomic E-state index is 13.6. The largest absolute Gasteiger partial charge is 0.349 e. The summed E-state index contributed by atoms with van der Waals surface area (Å²) in [6, 6.07) is 1.60. The Morgan fingerprint density at radius 1 is 1.28 bits per heavy atom. The van der Waals surface area contributed by atoms with Crippen LogP contribution >= 0.6 is 11.3 Å². The highest BCUT2D eigenvalue weighted by Crippen LogP contribution is 2.41. The van der Waals surface area contributed by atoms with Crippen molar-refractivity contribution in [3.8, 4) is 0 Å². The predicted molar refractivity (Wildman–Crippen MR) is 134 cm³/mol. The SMILES string of the molecule is Cc1cc(Nc2ncnc3sc4c(c23)CC[C@H](C(=O)N(C)C)C4)c(=O)n2c1C(=O)NC21CS(=O)(=O)C1. The Hall–Kier alpha value is -3.32. The fraction of sp³-hybridized carbons (Fsp3) is 0.435. The van der Waals surface area contributed by atoms with Gasteiger partial charge < -0.3 is 15.5 Å². The lowest BCUT2D eigenvalue weighted by atomic mass is 9.87. The van der Waals surface area contributed by atoms with Crippen LogP contribution < -0.4 is 16.2 Å². The second-order valence-corrected chi connectivity index (χ2v) is 13.1. The third-order valence-corrected chi connectivity index (χ3v) is 10.2. The smallest absolute Gasteiger partial charge is 0.276 e. The van der Waals surface area contributed by atoms with E-state index in [1.165, 1.54) is 22.2 Å². The molecular weight excluding hydrogens is 504 g/mol. The zero-order valence-electron chi connectivity index (χ0n) is 19.9. The Balaban J connectivity index is 1.42. The topological polar surface area (TPSA) is 143 Å². The number of hydrogen-bond acceptors (Lipinski definition) is 9. The summed E-state index contributed by atoms with van der Waals surface area (Å²) in [6.07, 6.45) is 3.48. The van der Waals surface area contributed by atoms with Crippen molar-refractivity contribution in [2.24, 2.45) is 5.92 Å². The average molecular weight is 529 g/mol. The van der Waals surface area contributed by atoms with Gasteiger partial charge in [0, 0.05) is 24.9 Å². The number of anilines is 2. The minimum Gasteiger partial charge on any atom is -0.349 e. The van der Waals surface area contributed by atoms with Gasteiger partial charge in [-0.15, -0.1) is 11.3 Å². The molecule has 0 aromatic carbocycles. The molecule has 1 fully saturated rings. The van der Waals surface area contributed by atoms with Gasteiger partial charge in [-0.05, 0) is 43.4 Å². The van der Waals surface area contributed by atoms with E-state index in [2.05, 4.69) is 20.6 Å². The number of carbonyl (C=O) groups excluding carboxylic acids is 2. The summed E-state index contributed by atoms with van der Waals surface area (Å²) in [6.45, 7) is 1.71. The van der Waals surface area contributed by atoms with E-state index in [-0.39, 0.29) is 34.7 Å². The molecule has 1 atom stereocenters. The van der Waals surface area contributed by atoms with Crippen molar-refractivity contribution in [2.75, 3.05) is 30.9 Å². The number of pyridine rings is 1. The fourth-order valence-corrected chi connectivity index (χ4v) is 8.69. The van der Waals surface area contributed by atoms with Crippen molar-refractivity contribution < 1.29 is 18.0 Å². The summed E-state index contributed by atoms with van der Waals surface area (Å²) in [5.41, 5.74) is 0.277. The summed E-state index contributed by atoms with van der Waals surface area (Å²) >= 11 is 1.53. The molecule has 1 aliphatic carbocycles. The maximum atomic E-state index is 13.6. The van der Waals surface area contributed by atoms with E-state index in [0.29, 0.717) is 24.2 Å². The van der Waals surface area contributed by atoms with E-state index in [0.717, 1.165) is 27.1 Å². The molecule has 0 radical (unpaired) electrons. The number of aromatic nitrogens is 3. The first-order valence-electron chi connectivity index (χ1n) is 11.5. The molecule has 0 saturated carbocycles. The monoisotopic (exact) mass is 528 g/mol. The van der Waals surface area contributed by atoms with E-state index < -0.39 is 27.0 Å². The van der Waals surface area contributed by atoms with Gasteiger partial charge in [-0.25, -0.2) is 18.4 Å². The Labute approximate surface area is 210 Å². The molecule has 1 saturated heterocycles. The molecule has 2 aliphatic heterocycles. The van der Waals surface area contributed by atoms with Crippen LogP contribution in [-0.2, 0) is 33.1 Å². The first-order valence-corrected chi connectivity index (χ1v) is 14.2. The molecule has 2 amide bonds. The molecule has 0 unspecified atom stereocenters. The Morgan fingerprint density at radius 3 is 2.72 bits per heavy atom. The molecule has 5 heterocycles. The number of sulfone groups is 1. The summed E-state index contributed by atoms with van der Waals surface area (Å²) < 4.78 is 25.2. The normalized spacial score (nSPS) is 21.0. The molecule has 36 heavy (non-hydrogen) atoms. The second kappa shape index (κ2) is 7.59. The first-order chi connectivity index (χ1) is 17.0. The van der Waals surface area contributed by atoms with E-state index in [9.17, 15) is 22.8 Å². The molecule has 6 rings (SSSR count). The van der Waals surface area contributed by atoms with Crippen molar-refractivity contribution in [2.45, 2.75) is 31.8 Å². The number of aryl methyl sites for hydroxylation is 2. The van der Waals surface area contributed by atoms with Gasteiger partial charge in [-0.2, -0.15) is 0 Å². The zero-order chi connectivity index (χ0) is 25.6. The third kappa shape index (κ3) is 3.29. The van der Waals surface area contributed by atoms with Gasteiger partial charge in [0.15, 0.2) is 9.84 Å². The lowest BCUT2D eigenvalue weighted by Crippen LogP contribution is -2.64. The highest BCUT2D eigenvalue weighted by atomic mass is 32.2. The van der Waals surface area contributed by atoms with E-state index in [1.807, 2.05) is 0 Å². The number of amides is 2. The summed E-state index contributed by atoms with van der Waals surface area (Å²) in [7, 11) is 0.197.